The molecule has 1 saturated heterocycles. The minimum Gasteiger partial charge on any atom is -0.322 e. The molecule has 1 amide bonds. The highest BCUT2D eigenvalue weighted by Crippen LogP contribution is 2.22. The van der Waals surface area contributed by atoms with Gasteiger partial charge in [0.05, 0.1) is 4.90 Å². The molecule has 0 radical (unpaired) electrons. The van der Waals surface area contributed by atoms with E-state index in [9.17, 15) is 13.2 Å². The highest BCUT2D eigenvalue weighted by Gasteiger charge is 2.25. The van der Waals surface area contributed by atoms with Gasteiger partial charge in [-0.2, -0.15) is 4.31 Å². The lowest BCUT2D eigenvalue weighted by Gasteiger charge is -2.25. The summed E-state index contributed by atoms with van der Waals surface area (Å²) in [6, 6.07) is 19.8. The van der Waals surface area contributed by atoms with E-state index in [4.69, 9.17) is 0 Å². The second kappa shape index (κ2) is 7.73. The van der Waals surface area contributed by atoms with E-state index in [1.165, 1.54) is 16.4 Å². The number of nitrogens with zero attached hydrogens (tertiary/aromatic N) is 1. The van der Waals surface area contributed by atoms with Crippen LogP contribution in [0.15, 0.2) is 71.6 Å². The van der Waals surface area contributed by atoms with Crippen LogP contribution in [0.2, 0.25) is 0 Å². The second-order valence-electron chi connectivity index (χ2n) is 7.01. The minimum atomic E-state index is -3.49. The predicted octanol–water partition coefficient (Wildman–Crippen LogP) is 4.27. The van der Waals surface area contributed by atoms with E-state index in [0.29, 0.717) is 24.3 Å². The number of rotatable bonds is 4. The van der Waals surface area contributed by atoms with Crippen molar-refractivity contribution in [2.24, 2.45) is 0 Å². The van der Waals surface area contributed by atoms with Crippen LogP contribution in [-0.4, -0.2) is 31.7 Å². The number of nitrogens with one attached hydrogen (secondary N) is 1. The summed E-state index contributed by atoms with van der Waals surface area (Å²) in [4.78, 5) is 12.8. The van der Waals surface area contributed by atoms with Crippen LogP contribution in [0.5, 0.6) is 0 Å². The Bertz CT molecular complexity index is 1100. The average molecular weight is 394 g/mol. The number of hydrogen-bond donors (Lipinski definition) is 1. The molecule has 144 valence electrons. The van der Waals surface area contributed by atoms with Gasteiger partial charge in [-0.25, -0.2) is 8.42 Å². The zero-order valence-electron chi connectivity index (χ0n) is 15.5. The van der Waals surface area contributed by atoms with E-state index in [1.54, 1.807) is 12.1 Å². The van der Waals surface area contributed by atoms with Gasteiger partial charge in [0.2, 0.25) is 10.0 Å². The van der Waals surface area contributed by atoms with Gasteiger partial charge in [0.1, 0.15) is 0 Å². The maximum atomic E-state index is 12.7. The van der Waals surface area contributed by atoms with Gasteiger partial charge in [-0.05, 0) is 60.0 Å². The molecule has 0 aromatic heterocycles. The molecule has 6 heteroatoms. The Morgan fingerprint density at radius 1 is 0.821 bits per heavy atom. The topological polar surface area (TPSA) is 66.5 Å². The molecule has 1 fully saturated rings. The molecule has 1 heterocycles. The number of piperidine rings is 1. The molecule has 3 aromatic carbocycles. The Labute approximate surface area is 165 Å². The molecular weight excluding hydrogens is 372 g/mol. The van der Waals surface area contributed by atoms with Crippen LogP contribution >= 0.6 is 0 Å². The Kier molecular flexibility index (Phi) is 5.15. The van der Waals surface area contributed by atoms with E-state index < -0.39 is 10.0 Å². The first-order valence-electron chi connectivity index (χ1n) is 9.44. The molecule has 3 aromatic rings. The Balaban J connectivity index is 1.50. The number of fused-ring (bicyclic) bond motifs is 1. The third kappa shape index (κ3) is 3.79. The summed E-state index contributed by atoms with van der Waals surface area (Å²) >= 11 is 0. The van der Waals surface area contributed by atoms with Crippen LogP contribution < -0.4 is 5.32 Å². The van der Waals surface area contributed by atoms with Crippen molar-refractivity contribution in [3.05, 3.63) is 72.3 Å². The number of hydrogen-bond acceptors (Lipinski definition) is 3. The maximum absolute atomic E-state index is 12.7. The third-order valence-electron chi connectivity index (χ3n) is 5.08. The zero-order chi connectivity index (χ0) is 19.6. The summed E-state index contributed by atoms with van der Waals surface area (Å²) < 4.78 is 26.9. The second-order valence-corrected chi connectivity index (χ2v) is 8.94. The smallest absolute Gasteiger partial charge is 0.255 e. The predicted molar refractivity (Wildman–Crippen MR) is 111 cm³/mol. The first kappa shape index (κ1) is 18.7. The summed E-state index contributed by atoms with van der Waals surface area (Å²) in [5.74, 6) is -0.266. The number of carbonyl (C=O) groups excluding carboxylic acids is 1. The lowest BCUT2D eigenvalue weighted by Crippen LogP contribution is -2.35. The lowest BCUT2D eigenvalue weighted by molar-refractivity contribution is 0.102. The van der Waals surface area contributed by atoms with E-state index in [2.05, 4.69) is 5.32 Å². The molecule has 0 aliphatic carbocycles. The van der Waals surface area contributed by atoms with E-state index in [0.717, 1.165) is 30.0 Å². The highest BCUT2D eigenvalue weighted by atomic mass is 32.2. The number of carbonyl (C=O) groups is 1. The molecule has 28 heavy (non-hydrogen) atoms. The quantitative estimate of drug-likeness (QED) is 0.719. The van der Waals surface area contributed by atoms with Gasteiger partial charge in [0, 0.05) is 24.3 Å². The standard InChI is InChI=1S/C22H22N2O3S/c25-22(23-20-11-8-17-6-2-3-7-19(17)16-20)18-9-12-21(13-10-18)28(26,27)24-14-4-1-5-15-24/h2-3,6-13,16H,1,4-5,14-15H2,(H,23,25). The van der Waals surface area contributed by atoms with Crippen LogP contribution in [0.3, 0.4) is 0 Å². The van der Waals surface area contributed by atoms with Gasteiger partial charge >= 0.3 is 0 Å². The minimum absolute atomic E-state index is 0.233. The van der Waals surface area contributed by atoms with Crippen LogP contribution in [0.25, 0.3) is 10.8 Å². The molecular formula is C22H22N2O3S. The van der Waals surface area contributed by atoms with Gasteiger partial charge < -0.3 is 5.32 Å². The molecule has 0 atom stereocenters. The van der Waals surface area contributed by atoms with Gasteiger partial charge in [0.15, 0.2) is 0 Å². The fourth-order valence-electron chi connectivity index (χ4n) is 3.50. The Morgan fingerprint density at radius 2 is 1.50 bits per heavy atom. The average Bonchev–Trinajstić information content (AvgIpc) is 2.74. The van der Waals surface area contributed by atoms with Crippen LogP contribution in [0.4, 0.5) is 5.69 Å². The maximum Gasteiger partial charge on any atom is 0.255 e. The first-order valence-corrected chi connectivity index (χ1v) is 10.9. The molecule has 0 saturated carbocycles. The van der Waals surface area contributed by atoms with Crippen LogP contribution in [0, 0.1) is 0 Å². The summed E-state index contributed by atoms with van der Waals surface area (Å²) in [6.45, 7) is 1.12. The molecule has 1 aliphatic heterocycles. The van der Waals surface area contributed by atoms with E-state index in [-0.39, 0.29) is 10.8 Å². The van der Waals surface area contributed by atoms with Crippen molar-refractivity contribution in [1.29, 1.82) is 0 Å². The monoisotopic (exact) mass is 394 g/mol. The van der Waals surface area contributed by atoms with Crippen LogP contribution in [0.1, 0.15) is 29.6 Å². The number of anilines is 1. The number of benzene rings is 3. The van der Waals surface area contributed by atoms with Crippen LogP contribution in [-0.2, 0) is 10.0 Å². The normalized spacial score (nSPS) is 15.4. The van der Waals surface area contributed by atoms with Crippen molar-refractivity contribution in [3.63, 3.8) is 0 Å². The summed E-state index contributed by atoms with van der Waals surface area (Å²) in [5, 5.41) is 5.02. The summed E-state index contributed by atoms with van der Waals surface area (Å²) in [5.41, 5.74) is 1.12. The fourth-order valence-corrected chi connectivity index (χ4v) is 5.02. The number of amides is 1. The van der Waals surface area contributed by atoms with Crippen molar-refractivity contribution in [3.8, 4) is 0 Å². The molecule has 0 unspecified atom stereocenters. The molecule has 0 spiro atoms. The molecule has 0 bridgehead atoms. The zero-order valence-corrected chi connectivity index (χ0v) is 16.3. The number of sulfonamides is 1. The summed E-state index contributed by atoms with van der Waals surface area (Å²) in [7, 11) is -3.49. The highest BCUT2D eigenvalue weighted by molar-refractivity contribution is 7.89. The summed E-state index contributed by atoms with van der Waals surface area (Å²) in [6.07, 6.45) is 2.86. The molecule has 4 rings (SSSR count). The molecule has 1 N–H and O–H groups in total. The van der Waals surface area contributed by atoms with Gasteiger partial charge in [-0.1, -0.05) is 36.8 Å². The lowest BCUT2D eigenvalue weighted by atomic mass is 10.1. The first-order chi connectivity index (χ1) is 13.5. The molecule has 5 nitrogen and oxygen atoms in total. The van der Waals surface area contributed by atoms with E-state index in [1.807, 2.05) is 42.5 Å². The fraction of sp³-hybridized carbons (Fsp3) is 0.227. The van der Waals surface area contributed by atoms with Crippen molar-refractivity contribution < 1.29 is 13.2 Å². The van der Waals surface area contributed by atoms with E-state index >= 15 is 0 Å². The molecule has 1 aliphatic rings. The van der Waals surface area contributed by atoms with Gasteiger partial charge in [0.25, 0.3) is 5.91 Å². The Hall–Kier alpha value is -2.70. The third-order valence-corrected chi connectivity index (χ3v) is 6.99. The largest absolute Gasteiger partial charge is 0.322 e. The van der Waals surface area contributed by atoms with Crippen molar-refractivity contribution in [1.82, 2.24) is 4.31 Å². The SMILES string of the molecule is O=C(Nc1ccc2ccccc2c1)c1ccc(S(=O)(=O)N2CCCCC2)cc1. The van der Waals surface area contributed by atoms with Crippen molar-refractivity contribution in [2.45, 2.75) is 24.2 Å². The van der Waals surface area contributed by atoms with Crippen molar-refractivity contribution in [2.75, 3.05) is 18.4 Å². The Morgan fingerprint density at radius 3 is 2.21 bits per heavy atom. The van der Waals surface area contributed by atoms with Gasteiger partial charge in [-0.3, -0.25) is 4.79 Å². The van der Waals surface area contributed by atoms with Gasteiger partial charge in [-0.15, -0.1) is 0 Å². The van der Waals surface area contributed by atoms with Crippen molar-refractivity contribution >= 4 is 32.4 Å².